The number of halogens is 1. The maximum absolute atomic E-state index is 13.7. The third-order valence-electron chi connectivity index (χ3n) is 3.02. The Hall–Kier alpha value is -2.31. The Morgan fingerprint density at radius 2 is 1.77 bits per heavy atom. The molecular weight excluding hydrogens is 293 g/mol. The lowest BCUT2D eigenvalue weighted by Crippen LogP contribution is -2.25. The lowest BCUT2D eigenvalue weighted by atomic mass is 9.85. The number of benzene rings is 1. The monoisotopic (exact) mass is 313 g/mol. The summed E-state index contributed by atoms with van der Waals surface area (Å²) < 4.78 is 23.6. The van der Waals surface area contributed by atoms with Crippen molar-refractivity contribution in [1.82, 2.24) is 0 Å². The summed E-state index contributed by atoms with van der Waals surface area (Å²) in [5.41, 5.74) is -0.550. The van der Waals surface area contributed by atoms with Gasteiger partial charge < -0.3 is 19.9 Å². The summed E-state index contributed by atoms with van der Waals surface area (Å²) in [5.74, 6) is -1.79. The fourth-order valence-corrected chi connectivity index (χ4v) is 2.06. The van der Waals surface area contributed by atoms with Gasteiger partial charge in [-0.2, -0.15) is 0 Å². The van der Waals surface area contributed by atoms with Crippen molar-refractivity contribution in [2.75, 3.05) is 19.5 Å². The molecule has 1 rings (SSSR count). The summed E-state index contributed by atoms with van der Waals surface area (Å²) in [7, 11) is 2.71. The first-order chi connectivity index (χ1) is 10.2. The van der Waals surface area contributed by atoms with Gasteiger partial charge in [-0.15, -0.1) is 0 Å². The fraction of sp³-hybridized carbons (Fsp3) is 0.467. The average molecular weight is 313 g/mol. The number of carbonyl (C=O) groups is 2. The average Bonchev–Trinajstić information content (AvgIpc) is 2.36. The highest BCUT2D eigenvalue weighted by Gasteiger charge is 2.26. The van der Waals surface area contributed by atoms with Crippen LogP contribution < -0.4 is 14.8 Å². The molecule has 0 aliphatic carbocycles. The molecule has 0 atom stereocenters. The van der Waals surface area contributed by atoms with Gasteiger partial charge in [0.15, 0.2) is 11.6 Å². The largest absolute Gasteiger partial charge is 0.494 e. The predicted molar refractivity (Wildman–Crippen MR) is 78.8 cm³/mol. The quantitative estimate of drug-likeness (QED) is 0.808. The smallest absolute Gasteiger partial charge is 0.303 e. The normalized spacial score (nSPS) is 11.0. The second-order valence-electron chi connectivity index (χ2n) is 5.65. The van der Waals surface area contributed by atoms with Crippen LogP contribution in [0.4, 0.5) is 10.1 Å². The van der Waals surface area contributed by atoms with Gasteiger partial charge in [-0.1, -0.05) is 13.8 Å². The molecule has 0 aliphatic heterocycles. The maximum atomic E-state index is 13.7. The van der Waals surface area contributed by atoms with E-state index in [-0.39, 0.29) is 30.0 Å². The molecule has 0 spiro atoms. The van der Waals surface area contributed by atoms with Crippen LogP contribution >= 0.6 is 0 Å². The molecule has 0 fully saturated rings. The van der Waals surface area contributed by atoms with Gasteiger partial charge in [0, 0.05) is 18.6 Å². The third-order valence-corrected chi connectivity index (χ3v) is 3.02. The molecule has 2 N–H and O–H groups in total. The topological polar surface area (TPSA) is 84.9 Å². The number of carboxylic acid groups (broad SMARTS) is 1. The maximum Gasteiger partial charge on any atom is 0.303 e. The van der Waals surface area contributed by atoms with Gasteiger partial charge in [0.2, 0.25) is 5.91 Å². The van der Waals surface area contributed by atoms with E-state index in [0.717, 1.165) is 6.07 Å². The van der Waals surface area contributed by atoms with Gasteiger partial charge in [0.1, 0.15) is 5.75 Å². The zero-order chi connectivity index (χ0) is 16.9. The Balaban J connectivity index is 2.88. The van der Waals surface area contributed by atoms with E-state index in [4.69, 9.17) is 14.6 Å². The summed E-state index contributed by atoms with van der Waals surface area (Å²) in [6.45, 7) is 3.35. The van der Waals surface area contributed by atoms with E-state index >= 15 is 0 Å². The van der Waals surface area contributed by atoms with Gasteiger partial charge in [-0.05, 0) is 5.41 Å². The zero-order valence-electron chi connectivity index (χ0n) is 13.0. The molecule has 22 heavy (non-hydrogen) atoms. The van der Waals surface area contributed by atoms with Crippen molar-refractivity contribution in [3.63, 3.8) is 0 Å². The molecule has 0 bridgehead atoms. The van der Waals surface area contributed by atoms with Crippen molar-refractivity contribution in [2.45, 2.75) is 26.7 Å². The molecule has 1 aromatic carbocycles. The summed E-state index contributed by atoms with van der Waals surface area (Å²) in [6.07, 6.45) is -0.162. The molecule has 1 amide bonds. The van der Waals surface area contributed by atoms with Crippen LogP contribution in [-0.4, -0.2) is 31.2 Å². The van der Waals surface area contributed by atoms with E-state index in [9.17, 15) is 14.0 Å². The molecule has 0 saturated carbocycles. The minimum Gasteiger partial charge on any atom is -0.494 e. The minimum absolute atomic E-state index is 0.000978. The summed E-state index contributed by atoms with van der Waals surface area (Å²) in [6, 6.07) is 2.42. The van der Waals surface area contributed by atoms with E-state index in [0.29, 0.717) is 0 Å². The van der Waals surface area contributed by atoms with Gasteiger partial charge in [0.25, 0.3) is 0 Å². The molecule has 1 aromatic rings. The summed E-state index contributed by atoms with van der Waals surface area (Å²) >= 11 is 0. The Morgan fingerprint density at radius 3 is 2.27 bits per heavy atom. The Bertz CT molecular complexity index is 571. The molecule has 7 heteroatoms. The van der Waals surface area contributed by atoms with Crippen LogP contribution in [0.3, 0.4) is 0 Å². The Morgan fingerprint density at radius 1 is 1.18 bits per heavy atom. The molecule has 0 aliphatic rings. The predicted octanol–water partition coefficient (Wildman–Crippen LogP) is 2.67. The van der Waals surface area contributed by atoms with Crippen molar-refractivity contribution in [3.8, 4) is 11.5 Å². The lowest BCUT2D eigenvalue weighted by molar-refractivity contribution is -0.139. The summed E-state index contributed by atoms with van der Waals surface area (Å²) in [4.78, 5) is 22.8. The number of hydrogen-bond donors (Lipinski definition) is 2. The van der Waals surface area contributed by atoms with Gasteiger partial charge in [0.05, 0.1) is 26.3 Å². The lowest BCUT2D eigenvalue weighted by Gasteiger charge is -2.22. The Kier molecular flexibility index (Phi) is 5.73. The van der Waals surface area contributed by atoms with Crippen LogP contribution in [0, 0.1) is 11.2 Å². The van der Waals surface area contributed by atoms with Crippen molar-refractivity contribution in [3.05, 3.63) is 17.9 Å². The number of methoxy groups -OCH3 is 2. The number of aliphatic carboxylic acids is 1. The number of hydrogen-bond acceptors (Lipinski definition) is 4. The highest BCUT2D eigenvalue weighted by Crippen LogP contribution is 2.33. The summed E-state index contributed by atoms with van der Waals surface area (Å²) in [5, 5.41) is 11.3. The van der Waals surface area contributed by atoms with E-state index in [2.05, 4.69) is 5.32 Å². The van der Waals surface area contributed by atoms with Crippen LogP contribution in [0.5, 0.6) is 11.5 Å². The number of anilines is 1. The van der Waals surface area contributed by atoms with E-state index in [1.807, 2.05) is 0 Å². The number of carboxylic acids is 1. The first kappa shape index (κ1) is 17.7. The highest BCUT2D eigenvalue weighted by atomic mass is 19.1. The fourth-order valence-electron chi connectivity index (χ4n) is 2.06. The first-order valence-corrected chi connectivity index (χ1v) is 6.61. The van der Waals surface area contributed by atoms with Crippen molar-refractivity contribution in [1.29, 1.82) is 0 Å². The number of rotatable bonds is 7. The molecule has 0 aromatic heterocycles. The molecule has 6 nitrogen and oxygen atoms in total. The van der Waals surface area contributed by atoms with Crippen LogP contribution in [0.15, 0.2) is 12.1 Å². The number of nitrogens with one attached hydrogen (secondary N) is 1. The second-order valence-corrected chi connectivity index (χ2v) is 5.65. The van der Waals surface area contributed by atoms with E-state index in [1.54, 1.807) is 13.8 Å². The minimum atomic E-state index is -0.981. The SMILES string of the molecule is COc1cc(OC)c(NC(=O)CC(C)(C)CC(=O)O)cc1F. The highest BCUT2D eigenvalue weighted by molar-refractivity contribution is 5.93. The first-order valence-electron chi connectivity index (χ1n) is 6.61. The standard InChI is InChI=1S/C15H20FNO5/c1-15(2,8-14(19)20)7-13(18)17-10-5-9(16)11(21-3)6-12(10)22-4/h5-6H,7-8H2,1-4H3,(H,17,18)(H,19,20). The van der Waals surface area contributed by atoms with Crippen LogP contribution in [-0.2, 0) is 9.59 Å². The van der Waals surface area contributed by atoms with Gasteiger partial charge in [-0.3, -0.25) is 9.59 Å². The van der Waals surface area contributed by atoms with Gasteiger partial charge in [-0.25, -0.2) is 4.39 Å². The van der Waals surface area contributed by atoms with Crippen LogP contribution in [0.1, 0.15) is 26.7 Å². The van der Waals surface area contributed by atoms with Crippen LogP contribution in [0.2, 0.25) is 0 Å². The number of amides is 1. The van der Waals surface area contributed by atoms with E-state index < -0.39 is 23.1 Å². The molecule has 0 radical (unpaired) electrons. The third kappa shape index (κ3) is 4.91. The van der Waals surface area contributed by atoms with E-state index in [1.165, 1.54) is 20.3 Å². The van der Waals surface area contributed by atoms with Crippen LogP contribution in [0.25, 0.3) is 0 Å². The Labute approximate surface area is 128 Å². The molecule has 0 heterocycles. The zero-order valence-corrected chi connectivity index (χ0v) is 13.0. The van der Waals surface area contributed by atoms with Crippen molar-refractivity contribution < 1.29 is 28.6 Å². The molecule has 0 unspecified atom stereocenters. The van der Waals surface area contributed by atoms with Crippen molar-refractivity contribution >= 4 is 17.6 Å². The van der Waals surface area contributed by atoms with Crippen molar-refractivity contribution in [2.24, 2.45) is 5.41 Å². The number of carbonyl (C=O) groups excluding carboxylic acids is 1. The molecular formula is C15H20FNO5. The number of ether oxygens (including phenoxy) is 2. The molecule has 122 valence electrons. The van der Waals surface area contributed by atoms with Gasteiger partial charge >= 0.3 is 5.97 Å². The molecule has 0 saturated heterocycles. The second kappa shape index (κ2) is 7.11.